The Balaban J connectivity index is 1.65. The number of thiophene rings is 1. The van der Waals surface area contributed by atoms with Crippen LogP contribution in [-0.4, -0.2) is 22.9 Å². The lowest BCUT2D eigenvalue weighted by Gasteiger charge is -2.34. The first kappa shape index (κ1) is 22.5. The van der Waals surface area contributed by atoms with Crippen molar-refractivity contribution in [2.75, 3.05) is 0 Å². The van der Waals surface area contributed by atoms with Crippen molar-refractivity contribution in [3.8, 4) is 0 Å². The molecule has 1 aromatic heterocycles. The van der Waals surface area contributed by atoms with Crippen LogP contribution in [-0.2, 0) is 22.4 Å². The Morgan fingerprint density at radius 3 is 2.27 bits per heavy atom. The Labute approximate surface area is 182 Å². The smallest absolute Gasteiger partial charge is 0.307 e. The van der Waals surface area contributed by atoms with Crippen molar-refractivity contribution in [2.45, 2.75) is 66.7 Å². The van der Waals surface area contributed by atoms with Gasteiger partial charge in [-0.3, -0.25) is 25.2 Å². The fourth-order valence-electron chi connectivity index (χ4n) is 4.55. The molecule has 2 amide bonds. The zero-order valence-electron chi connectivity index (χ0n) is 18.4. The van der Waals surface area contributed by atoms with E-state index in [9.17, 15) is 19.5 Å². The molecule has 2 aliphatic rings. The van der Waals surface area contributed by atoms with Gasteiger partial charge >= 0.3 is 5.97 Å². The van der Waals surface area contributed by atoms with Crippen LogP contribution in [0.25, 0.3) is 0 Å². The summed E-state index contributed by atoms with van der Waals surface area (Å²) in [5.74, 6) is -2.61. The van der Waals surface area contributed by atoms with E-state index >= 15 is 0 Å². The molecule has 0 spiro atoms. The first-order valence-corrected chi connectivity index (χ1v) is 11.4. The van der Waals surface area contributed by atoms with E-state index < -0.39 is 23.7 Å². The summed E-state index contributed by atoms with van der Waals surface area (Å²) in [7, 11) is 0. The molecule has 6 nitrogen and oxygen atoms in total. The molecule has 3 N–H and O–H groups in total. The maximum absolute atomic E-state index is 12.7. The minimum atomic E-state index is -0.978. The molecule has 1 aromatic rings. The van der Waals surface area contributed by atoms with Crippen molar-refractivity contribution in [2.24, 2.45) is 23.2 Å². The second kappa shape index (κ2) is 8.53. The Kier molecular flexibility index (Phi) is 6.41. The second-order valence-electron chi connectivity index (χ2n) is 9.82. The Hall–Kier alpha value is -2.15. The highest BCUT2D eigenvalue weighted by atomic mass is 32.1. The van der Waals surface area contributed by atoms with Crippen LogP contribution in [0, 0.1) is 23.2 Å². The van der Waals surface area contributed by atoms with E-state index in [4.69, 9.17) is 0 Å². The lowest BCUT2D eigenvalue weighted by Crippen LogP contribution is -2.48. The predicted molar refractivity (Wildman–Crippen MR) is 117 cm³/mol. The van der Waals surface area contributed by atoms with Crippen molar-refractivity contribution in [3.05, 3.63) is 32.5 Å². The first-order chi connectivity index (χ1) is 14.0. The zero-order chi connectivity index (χ0) is 22.2. The van der Waals surface area contributed by atoms with Crippen LogP contribution in [0.3, 0.4) is 0 Å². The molecule has 0 aliphatic heterocycles. The number of hydrogen-bond acceptors (Lipinski definition) is 4. The number of rotatable bonds is 3. The van der Waals surface area contributed by atoms with Gasteiger partial charge in [-0.25, -0.2) is 0 Å². The van der Waals surface area contributed by atoms with Gasteiger partial charge < -0.3 is 5.11 Å². The van der Waals surface area contributed by atoms with Crippen LogP contribution in [0.2, 0.25) is 0 Å². The van der Waals surface area contributed by atoms with E-state index in [2.05, 4.69) is 31.6 Å². The molecule has 0 saturated carbocycles. The minimum Gasteiger partial charge on any atom is -0.481 e. The van der Waals surface area contributed by atoms with Crippen LogP contribution < -0.4 is 10.9 Å². The molecule has 7 heteroatoms. The summed E-state index contributed by atoms with van der Waals surface area (Å²) in [6.45, 7) is 10.6. The number of aliphatic carboxylic acids is 1. The summed E-state index contributed by atoms with van der Waals surface area (Å²) in [4.78, 5) is 38.3. The number of amides is 2. The Bertz CT molecular complexity index is 894. The van der Waals surface area contributed by atoms with Crippen molar-refractivity contribution in [3.63, 3.8) is 0 Å². The number of nitrogens with one attached hydrogen (secondary N) is 2. The third-order valence-electron chi connectivity index (χ3n) is 6.84. The van der Waals surface area contributed by atoms with Crippen LogP contribution in [0.4, 0.5) is 0 Å². The SMILES string of the molecule is CC1=C(C)C[C@@H](C(=O)NNC(=O)c2csc3c2CC[C@@H](C(C)(C)C)C3)[C@@H](C(=O)O)C1. The normalized spacial score (nSPS) is 24.2. The molecule has 0 saturated heterocycles. The van der Waals surface area contributed by atoms with E-state index in [0.29, 0.717) is 24.3 Å². The largest absolute Gasteiger partial charge is 0.481 e. The third-order valence-corrected chi connectivity index (χ3v) is 7.90. The topological polar surface area (TPSA) is 95.5 Å². The van der Waals surface area contributed by atoms with Crippen molar-refractivity contribution < 1.29 is 19.5 Å². The van der Waals surface area contributed by atoms with Gasteiger partial charge in [0.2, 0.25) is 5.91 Å². The average Bonchev–Trinajstić information content (AvgIpc) is 3.10. The molecule has 3 atom stereocenters. The molecule has 0 bridgehead atoms. The second-order valence-corrected chi connectivity index (χ2v) is 10.8. The standard InChI is InChI=1S/C23H32N2O4S/c1-12-8-16(17(22(28)29)9-13(12)2)20(26)24-25-21(27)18-11-30-19-10-14(23(3,4)5)6-7-15(18)19/h11,14,16-17H,6-10H2,1-5H3,(H,24,26)(H,25,27)(H,28,29)/t14-,16-,17+/m1/s1. The van der Waals surface area contributed by atoms with Crippen LogP contribution >= 0.6 is 11.3 Å². The lowest BCUT2D eigenvalue weighted by atomic mass is 9.72. The number of carboxylic acid groups (broad SMARTS) is 1. The minimum absolute atomic E-state index is 0.240. The van der Waals surface area contributed by atoms with Gasteiger partial charge in [0.25, 0.3) is 5.91 Å². The van der Waals surface area contributed by atoms with E-state index in [0.717, 1.165) is 36.0 Å². The maximum atomic E-state index is 12.7. The van der Waals surface area contributed by atoms with Gasteiger partial charge in [0.1, 0.15) is 0 Å². The first-order valence-electron chi connectivity index (χ1n) is 10.6. The number of allylic oxidation sites excluding steroid dienone is 2. The highest BCUT2D eigenvalue weighted by molar-refractivity contribution is 7.10. The van der Waals surface area contributed by atoms with E-state index in [-0.39, 0.29) is 11.3 Å². The van der Waals surface area contributed by atoms with E-state index in [1.54, 1.807) is 11.3 Å². The maximum Gasteiger partial charge on any atom is 0.307 e. The number of carbonyl (C=O) groups is 3. The summed E-state index contributed by atoms with van der Waals surface area (Å²) in [6, 6.07) is 0. The summed E-state index contributed by atoms with van der Waals surface area (Å²) >= 11 is 1.61. The van der Waals surface area contributed by atoms with Crippen LogP contribution in [0.15, 0.2) is 16.5 Å². The number of carbonyl (C=O) groups excluding carboxylic acids is 2. The Morgan fingerprint density at radius 1 is 1.03 bits per heavy atom. The summed E-state index contributed by atoms with van der Waals surface area (Å²) in [5, 5.41) is 11.4. The highest BCUT2D eigenvalue weighted by Gasteiger charge is 2.37. The summed E-state index contributed by atoms with van der Waals surface area (Å²) in [5.41, 5.74) is 9.01. The third kappa shape index (κ3) is 4.61. The fraction of sp³-hybridized carbons (Fsp3) is 0.609. The monoisotopic (exact) mass is 432 g/mol. The molecular formula is C23H32N2O4S. The van der Waals surface area contributed by atoms with E-state index in [1.807, 2.05) is 19.2 Å². The van der Waals surface area contributed by atoms with Gasteiger partial charge in [-0.2, -0.15) is 0 Å². The molecule has 164 valence electrons. The van der Waals surface area contributed by atoms with Crippen molar-refractivity contribution >= 4 is 29.1 Å². The number of carboxylic acids is 1. The van der Waals surface area contributed by atoms with Crippen molar-refractivity contribution in [1.29, 1.82) is 0 Å². The van der Waals surface area contributed by atoms with Gasteiger partial charge in [0.05, 0.1) is 17.4 Å². The van der Waals surface area contributed by atoms with Gasteiger partial charge in [-0.05, 0) is 62.8 Å². The number of hydrazine groups is 1. The average molecular weight is 433 g/mol. The number of hydrogen-bond donors (Lipinski definition) is 3. The molecule has 1 heterocycles. The van der Waals surface area contributed by atoms with Gasteiger partial charge in [-0.15, -0.1) is 11.3 Å². The zero-order valence-corrected chi connectivity index (χ0v) is 19.2. The Morgan fingerprint density at radius 2 is 1.67 bits per heavy atom. The lowest BCUT2D eigenvalue weighted by molar-refractivity contribution is -0.147. The molecule has 2 aliphatic carbocycles. The molecule has 0 radical (unpaired) electrons. The predicted octanol–water partition coefficient (Wildman–Crippen LogP) is 4.11. The molecule has 0 aromatic carbocycles. The van der Waals surface area contributed by atoms with E-state index in [1.165, 1.54) is 4.88 Å². The van der Waals surface area contributed by atoms with Crippen molar-refractivity contribution in [1.82, 2.24) is 10.9 Å². The molecule has 0 fully saturated rings. The fourth-order valence-corrected chi connectivity index (χ4v) is 5.71. The number of fused-ring (bicyclic) bond motifs is 1. The van der Waals surface area contributed by atoms with Gasteiger partial charge in [0.15, 0.2) is 0 Å². The molecule has 30 heavy (non-hydrogen) atoms. The highest BCUT2D eigenvalue weighted by Crippen LogP contribution is 2.40. The van der Waals surface area contributed by atoms with Crippen LogP contribution in [0.1, 0.15) is 74.7 Å². The summed E-state index contributed by atoms with van der Waals surface area (Å²) < 4.78 is 0. The van der Waals surface area contributed by atoms with Gasteiger partial charge in [0, 0.05) is 10.3 Å². The molecule has 0 unspecified atom stereocenters. The molecular weight excluding hydrogens is 400 g/mol. The van der Waals surface area contributed by atoms with Crippen LogP contribution in [0.5, 0.6) is 0 Å². The van der Waals surface area contributed by atoms with Gasteiger partial charge in [-0.1, -0.05) is 31.9 Å². The quantitative estimate of drug-likeness (QED) is 0.495. The molecule has 3 rings (SSSR count). The summed E-state index contributed by atoms with van der Waals surface area (Å²) in [6.07, 6.45) is 3.65.